The molecule has 0 bridgehead atoms. The minimum Gasteiger partial charge on any atom is -0.368 e. The first-order valence-electron chi connectivity index (χ1n) is 10.8. The lowest BCUT2D eigenvalue weighted by Crippen LogP contribution is -2.61. The van der Waals surface area contributed by atoms with Crippen molar-refractivity contribution in [3.05, 3.63) is 59.7 Å². The minimum atomic E-state index is -4.40. The van der Waals surface area contributed by atoms with Gasteiger partial charge in [-0.25, -0.2) is 0 Å². The maximum Gasteiger partial charge on any atom is 0.416 e. The zero-order chi connectivity index (χ0) is 22.2. The summed E-state index contributed by atoms with van der Waals surface area (Å²) in [6, 6.07) is 13.9. The second-order valence-corrected chi connectivity index (χ2v) is 8.83. The van der Waals surface area contributed by atoms with E-state index in [0.717, 1.165) is 24.0 Å². The highest BCUT2D eigenvalue weighted by molar-refractivity contribution is 5.82. The van der Waals surface area contributed by atoms with E-state index in [2.05, 4.69) is 27.2 Å². The number of para-hydroxylation sites is 1. The number of nitrogens with zero attached hydrogens (tertiary/aromatic N) is 2. The van der Waals surface area contributed by atoms with Gasteiger partial charge < -0.3 is 15.1 Å². The van der Waals surface area contributed by atoms with Gasteiger partial charge in [0, 0.05) is 37.6 Å². The van der Waals surface area contributed by atoms with Gasteiger partial charge in [-0.3, -0.25) is 4.79 Å². The first kappa shape index (κ1) is 21.5. The van der Waals surface area contributed by atoms with E-state index in [4.69, 9.17) is 0 Å². The van der Waals surface area contributed by atoms with Gasteiger partial charge in [0.2, 0.25) is 5.91 Å². The van der Waals surface area contributed by atoms with E-state index in [1.54, 1.807) is 6.07 Å². The molecule has 0 radical (unpaired) electrons. The number of nitrogens with one attached hydrogen (secondary N) is 1. The topological polar surface area (TPSA) is 35.6 Å². The molecule has 166 valence electrons. The molecule has 7 heteroatoms. The Morgan fingerprint density at radius 2 is 1.87 bits per heavy atom. The molecule has 2 aromatic carbocycles. The molecule has 2 heterocycles. The van der Waals surface area contributed by atoms with E-state index in [0.29, 0.717) is 37.5 Å². The van der Waals surface area contributed by atoms with E-state index in [-0.39, 0.29) is 11.9 Å². The number of benzene rings is 2. The van der Waals surface area contributed by atoms with Gasteiger partial charge >= 0.3 is 6.18 Å². The van der Waals surface area contributed by atoms with Crippen molar-refractivity contribution in [2.24, 2.45) is 11.8 Å². The summed E-state index contributed by atoms with van der Waals surface area (Å²) >= 11 is 0. The molecule has 0 spiro atoms. The summed E-state index contributed by atoms with van der Waals surface area (Å²) in [6.45, 7) is 6.67. The number of hydrogen-bond donors (Lipinski definition) is 1. The number of rotatable bonds is 4. The molecular weight excluding hydrogens is 403 g/mol. The van der Waals surface area contributed by atoms with Gasteiger partial charge in [0.15, 0.2) is 0 Å². The van der Waals surface area contributed by atoms with E-state index < -0.39 is 17.7 Å². The normalized spacial score (nSPS) is 21.0. The van der Waals surface area contributed by atoms with Gasteiger partial charge in [-0.1, -0.05) is 32.0 Å². The molecule has 2 aliphatic heterocycles. The first-order valence-corrected chi connectivity index (χ1v) is 10.8. The van der Waals surface area contributed by atoms with Crippen LogP contribution in [0, 0.1) is 11.8 Å². The van der Waals surface area contributed by atoms with Crippen molar-refractivity contribution in [1.82, 2.24) is 5.32 Å². The van der Waals surface area contributed by atoms with Crippen LogP contribution in [-0.2, 0) is 17.4 Å². The van der Waals surface area contributed by atoms with Crippen LogP contribution >= 0.6 is 0 Å². The zero-order valence-corrected chi connectivity index (χ0v) is 17.8. The van der Waals surface area contributed by atoms with Crippen LogP contribution < -0.4 is 15.1 Å². The smallest absolute Gasteiger partial charge is 0.368 e. The first-order chi connectivity index (χ1) is 14.7. The zero-order valence-electron chi connectivity index (χ0n) is 17.8. The molecule has 1 fully saturated rings. The molecule has 1 N–H and O–H groups in total. The third kappa shape index (κ3) is 4.50. The van der Waals surface area contributed by atoms with Gasteiger partial charge in [0.25, 0.3) is 0 Å². The maximum absolute atomic E-state index is 13.3. The van der Waals surface area contributed by atoms with Crippen LogP contribution in [0.15, 0.2) is 48.5 Å². The summed E-state index contributed by atoms with van der Waals surface area (Å²) in [7, 11) is 0. The Balaban J connectivity index is 1.66. The average Bonchev–Trinajstić information content (AvgIpc) is 2.76. The summed E-state index contributed by atoms with van der Waals surface area (Å²) in [5.74, 6) is -0.178. The summed E-state index contributed by atoms with van der Waals surface area (Å²) in [5.41, 5.74) is 1.86. The maximum atomic E-state index is 13.3. The Morgan fingerprint density at radius 1 is 1.13 bits per heavy atom. The van der Waals surface area contributed by atoms with Gasteiger partial charge in [-0.15, -0.1) is 0 Å². The molecule has 0 unspecified atom stereocenters. The SMILES string of the molecule is CC(C)CNC(=O)[C@H]1Cc2cc(C(F)(F)F)ccc2N2CCN(c3ccccc3)C[C@@H]12. The minimum absolute atomic E-state index is 0.0818. The third-order valence-corrected chi connectivity index (χ3v) is 6.18. The van der Waals surface area contributed by atoms with Crippen molar-refractivity contribution in [3.8, 4) is 0 Å². The lowest BCUT2D eigenvalue weighted by Gasteiger charge is -2.49. The van der Waals surface area contributed by atoms with Crippen LogP contribution in [-0.4, -0.2) is 38.1 Å². The van der Waals surface area contributed by atoms with Crippen molar-refractivity contribution in [3.63, 3.8) is 0 Å². The lowest BCUT2D eigenvalue weighted by atomic mass is 9.82. The largest absolute Gasteiger partial charge is 0.416 e. The van der Waals surface area contributed by atoms with Crippen molar-refractivity contribution < 1.29 is 18.0 Å². The Morgan fingerprint density at radius 3 is 2.55 bits per heavy atom. The van der Waals surface area contributed by atoms with Crippen molar-refractivity contribution in [1.29, 1.82) is 0 Å². The van der Waals surface area contributed by atoms with Crippen molar-refractivity contribution in [2.75, 3.05) is 36.0 Å². The van der Waals surface area contributed by atoms with Crippen LogP contribution in [0.5, 0.6) is 0 Å². The fraction of sp³-hybridized carbons (Fsp3) is 0.458. The molecular formula is C24H28F3N3O. The van der Waals surface area contributed by atoms with Gasteiger partial charge in [-0.2, -0.15) is 13.2 Å². The number of alkyl halides is 3. The molecule has 2 aromatic rings. The molecule has 1 saturated heterocycles. The van der Waals surface area contributed by atoms with E-state index in [1.165, 1.54) is 6.07 Å². The Kier molecular flexibility index (Phi) is 5.86. The number of halogens is 3. The summed E-state index contributed by atoms with van der Waals surface area (Å²) in [5, 5.41) is 3.01. The van der Waals surface area contributed by atoms with Gasteiger partial charge in [0.1, 0.15) is 0 Å². The second-order valence-electron chi connectivity index (χ2n) is 8.83. The monoisotopic (exact) mass is 431 g/mol. The molecule has 0 aliphatic carbocycles. The van der Waals surface area contributed by atoms with Gasteiger partial charge in [-0.05, 0) is 48.2 Å². The molecule has 0 aromatic heterocycles. The van der Waals surface area contributed by atoms with E-state index in [9.17, 15) is 18.0 Å². The number of amides is 1. The van der Waals surface area contributed by atoms with Crippen LogP contribution in [0.3, 0.4) is 0 Å². The predicted molar refractivity (Wildman–Crippen MR) is 116 cm³/mol. The number of hydrogen-bond acceptors (Lipinski definition) is 3. The third-order valence-electron chi connectivity index (χ3n) is 6.18. The quantitative estimate of drug-likeness (QED) is 0.782. The number of anilines is 2. The predicted octanol–water partition coefficient (Wildman–Crippen LogP) is 4.35. The second kappa shape index (κ2) is 8.44. The standard InChI is InChI=1S/C24H28F3N3O/c1-16(2)14-28-23(31)20-13-17-12-18(24(25,26)27)8-9-21(17)30-11-10-29(15-22(20)30)19-6-4-3-5-7-19/h3-9,12,16,20,22H,10-11,13-15H2,1-2H3,(H,28,31)/t20-,22-/m0/s1. The summed E-state index contributed by atoms with van der Waals surface area (Å²) in [4.78, 5) is 17.5. The van der Waals surface area contributed by atoms with Crippen molar-refractivity contribution in [2.45, 2.75) is 32.5 Å². The van der Waals surface area contributed by atoms with Crippen LogP contribution in [0.4, 0.5) is 24.5 Å². The molecule has 4 rings (SSSR count). The van der Waals surface area contributed by atoms with Crippen LogP contribution in [0.1, 0.15) is 25.0 Å². The number of carbonyl (C=O) groups is 1. The summed E-state index contributed by atoms with van der Waals surface area (Å²) < 4.78 is 39.9. The van der Waals surface area contributed by atoms with E-state index >= 15 is 0 Å². The summed E-state index contributed by atoms with van der Waals surface area (Å²) in [6.07, 6.45) is -4.08. The fourth-order valence-corrected chi connectivity index (χ4v) is 4.61. The average molecular weight is 432 g/mol. The van der Waals surface area contributed by atoms with E-state index in [1.807, 2.05) is 32.0 Å². The highest BCUT2D eigenvalue weighted by Gasteiger charge is 2.42. The highest BCUT2D eigenvalue weighted by atomic mass is 19.4. The van der Waals surface area contributed by atoms with Crippen LogP contribution in [0.25, 0.3) is 0 Å². The fourth-order valence-electron chi connectivity index (χ4n) is 4.61. The molecule has 0 saturated carbocycles. The Labute approximate surface area is 181 Å². The Bertz CT molecular complexity index is 929. The molecule has 4 nitrogen and oxygen atoms in total. The van der Waals surface area contributed by atoms with Crippen LogP contribution in [0.2, 0.25) is 0 Å². The molecule has 31 heavy (non-hydrogen) atoms. The van der Waals surface area contributed by atoms with Gasteiger partial charge in [0.05, 0.1) is 17.5 Å². The molecule has 2 aliphatic rings. The number of fused-ring (bicyclic) bond motifs is 3. The number of carbonyl (C=O) groups excluding carboxylic acids is 1. The Hall–Kier alpha value is -2.70. The number of piperazine rings is 1. The lowest BCUT2D eigenvalue weighted by molar-refractivity contribution is -0.137. The molecule has 2 atom stereocenters. The van der Waals surface area contributed by atoms with Crippen molar-refractivity contribution >= 4 is 17.3 Å². The molecule has 1 amide bonds. The highest BCUT2D eigenvalue weighted by Crippen LogP contribution is 2.40.